The van der Waals surface area contributed by atoms with Crippen molar-refractivity contribution in [1.82, 2.24) is 5.32 Å². The standard InChI is InChI=1S/C16H25NO4/c1-5-6-14-8-9-15(12(3)21-14)17-16(19)10-7-11(2)20-13(4)18/h5,7,10-12,14-15H,1,6,8-9H2,2-4H3,(H,17,19)/b10-7-/t11-,12+,14-,15+/m0/s1. The quantitative estimate of drug-likeness (QED) is 0.463. The van der Waals surface area contributed by atoms with E-state index in [1.165, 1.54) is 13.0 Å². The molecule has 0 saturated carbocycles. The zero-order valence-corrected chi connectivity index (χ0v) is 13.0. The van der Waals surface area contributed by atoms with Gasteiger partial charge in [-0.15, -0.1) is 6.58 Å². The molecular weight excluding hydrogens is 270 g/mol. The maximum Gasteiger partial charge on any atom is 0.303 e. The molecule has 118 valence electrons. The first-order chi connectivity index (χ1) is 9.92. The Labute approximate surface area is 126 Å². The SMILES string of the molecule is C=CC[C@H]1CC[C@@H](NC(=O)/C=C\[C@H](C)OC(C)=O)[C@@H](C)O1. The van der Waals surface area contributed by atoms with E-state index >= 15 is 0 Å². The van der Waals surface area contributed by atoms with Crippen LogP contribution in [0, 0.1) is 0 Å². The van der Waals surface area contributed by atoms with Crippen molar-refractivity contribution < 1.29 is 19.1 Å². The molecule has 5 heteroatoms. The van der Waals surface area contributed by atoms with Gasteiger partial charge in [-0.25, -0.2) is 0 Å². The van der Waals surface area contributed by atoms with Gasteiger partial charge in [0.05, 0.1) is 18.2 Å². The summed E-state index contributed by atoms with van der Waals surface area (Å²) in [6.07, 6.45) is 7.22. The Bertz CT molecular complexity index is 405. The third-order valence-corrected chi connectivity index (χ3v) is 3.40. The van der Waals surface area contributed by atoms with E-state index in [1.807, 2.05) is 13.0 Å². The molecule has 1 fully saturated rings. The molecule has 0 spiro atoms. The lowest BCUT2D eigenvalue weighted by atomic mass is 9.97. The molecule has 1 N–H and O–H groups in total. The van der Waals surface area contributed by atoms with Gasteiger partial charge in [0.15, 0.2) is 0 Å². The summed E-state index contributed by atoms with van der Waals surface area (Å²) in [5, 5.41) is 2.92. The molecule has 0 aliphatic carbocycles. The Morgan fingerprint density at radius 1 is 1.48 bits per heavy atom. The fourth-order valence-corrected chi connectivity index (χ4v) is 2.37. The van der Waals surface area contributed by atoms with Gasteiger partial charge in [0.1, 0.15) is 6.10 Å². The number of rotatable bonds is 6. The normalized spacial score (nSPS) is 27.1. The van der Waals surface area contributed by atoms with Crippen LogP contribution in [0.15, 0.2) is 24.8 Å². The maximum atomic E-state index is 11.8. The van der Waals surface area contributed by atoms with Gasteiger partial charge in [-0.2, -0.15) is 0 Å². The summed E-state index contributed by atoms with van der Waals surface area (Å²) in [6.45, 7) is 8.72. The molecular formula is C16H25NO4. The fraction of sp³-hybridized carbons (Fsp3) is 0.625. The van der Waals surface area contributed by atoms with E-state index < -0.39 is 6.10 Å². The van der Waals surface area contributed by atoms with E-state index in [1.54, 1.807) is 13.0 Å². The molecule has 0 radical (unpaired) electrons. The average molecular weight is 295 g/mol. The molecule has 21 heavy (non-hydrogen) atoms. The van der Waals surface area contributed by atoms with Crippen LogP contribution in [-0.2, 0) is 19.1 Å². The highest BCUT2D eigenvalue weighted by Crippen LogP contribution is 2.21. The van der Waals surface area contributed by atoms with E-state index in [0.29, 0.717) is 0 Å². The van der Waals surface area contributed by atoms with Crippen LogP contribution in [0.5, 0.6) is 0 Å². The van der Waals surface area contributed by atoms with Gasteiger partial charge in [-0.1, -0.05) is 6.08 Å². The van der Waals surface area contributed by atoms with Crippen molar-refractivity contribution in [3.05, 3.63) is 24.8 Å². The lowest BCUT2D eigenvalue weighted by Gasteiger charge is -2.34. The average Bonchev–Trinajstić information content (AvgIpc) is 2.39. The number of carbonyl (C=O) groups excluding carboxylic acids is 2. The van der Waals surface area contributed by atoms with E-state index in [-0.39, 0.29) is 30.1 Å². The molecule has 0 aromatic carbocycles. The summed E-state index contributed by atoms with van der Waals surface area (Å²) in [6, 6.07) is 0.00671. The second-order valence-corrected chi connectivity index (χ2v) is 5.35. The molecule has 1 aliphatic heterocycles. The van der Waals surface area contributed by atoms with Crippen LogP contribution >= 0.6 is 0 Å². The molecule has 5 nitrogen and oxygen atoms in total. The Morgan fingerprint density at radius 2 is 2.19 bits per heavy atom. The smallest absolute Gasteiger partial charge is 0.303 e. The monoisotopic (exact) mass is 295 g/mol. The summed E-state index contributed by atoms with van der Waals surface area (Å²) in [4.78, 5) is 22.6. The number of nitrogens with one attached hydrogen (secondary N) is 1. The van der Waals surface area contributed by atoms with Crippen molar-refractivity contribution in [1.29, 1.82) is 0 Å². The van der Waals surface area contributed by atoms with Crippen molar-refractivity contribution in [3.63, 3.8) is 0 Å². The highest BCUT2D eigenvalue weighted by Gasteiger charge is 2.28. The predicted molar refractivity (Wildman–Crippen MR) is 80.7 cm³/mol. The second kappa shape index (κ2) is 8.62. The second-order valence-electron chi connectivity index (χ2n) is 5.35. The van der Waals surface area contributed by atoms with Crippen LogP contribution in [0.1, 0.15) is 40.0 Å². The zero-order valence-electron chi connectivity index (χ0n) is 13.0. The van der Waals surface area contributed by atoms with E-state index in [9.17, 15) is 9.59 Å². The highest BCUT2D eigenvalue weighted by molar-refractivity contribution is 5.87. The minimum absolute atomic E-state index is 0.00671. The number of hydrogen-bond acceptors (Lipinski definition) is 4. The lowest BCUT2D eigenvalue weighted by molar-refractivity contribution is -0.143. The number of hydrogen-bond donors (Lipinski definition) is 1. The summed E-state index contributed by atoms with van der Waals surface area (Å²) in [5.74, 6) is -0.563. The van der Waals surface area contributed by atoms with Crippen molar-refractivity contribution in [2.75, 3.05) is 0 Å². The van der Waals surface area contributed by atoms with Crippen molar-refractivity contribution in [2.24, 2.45) is 0 Å². The minimum atomic E-state index is -0.412. The summed E-state index contributed by atoms with van der Waals surface area (Å²) in [5.41, 5.74) is 0. The molecule has 0 unspecified atom stereocenters. The first-order valence-electron chi connectivity index (χ1n) is 7.34. The lowest BCUT2D eigenvalue weighted by Crippen LogP contribution is -2.47. The van der Waals surface area contributed by atoms with Gasteiger partial charge in [0.25, 0.3) is 0 Å². The topological polar surface area (TPSA) is 64.6 Å². The maximum absolute atomic E-state index is 11.8. The molecule has 1 amide bonds. The van der Waals surface area contributed by atoms with Crippen LogP contribution in [0.3, 0.4) is 0 Å². The van der Waals surface area contributed by atoms with Crippen molar-refractivity contribution >= 4 is 11.9 Å². The van der Waals surface area contributed by atoms with Crippen LogP contribution < -0.4 is 5.32 Å². The van der Waals surface area contributed by atoms with Gasteiger partial charge < -0.3 is 14.8 Å². The molecule has 4 atom stereocenters. The van der Waals surface area contributed by atoms with E-state index in [0.717, 1.165) is 19.3 Å². The summed E-state index contributed by atoms with van der Waals surface area (Å²) < 4.78 is 10.8. The van der Waals surface area contributed by atoms with Crippen molar-refractivity contribution in [2.45, 2.75) is 64.4 Å². The van der Waals surface area contributed by atoms with Gasteiger partial charge in [-0.3, -0.25) is 9.59 Å². The Morgan fingerprint density at radius 3 is 2.76 bits per heavy atom. The first-order valence-corrected chi connectivity index (χ1v) is 7.34. The molecule has 0 bridgehead atoms. The largest absolute Gasteiger partial charge is 0.459 e. The number of esters is 1. The zero-order chi connectivity index (χ0) is 15.8. The molecule has 0 aromatic heterocycles. The van der Waals surface area contributed by atoms with Gasteiger partial charge in [0, 0.05) is 13.0 Å². The Hall–Kier alpha value is -1.62. The Kier molecular flexibility index (Phi) is 7.15. The van der Waals surface area contributed by atoms with Gasteiger partial charge in [-0.05, 0) is 39.2 Å². The third kappa shape index (κ3) is 6.58. The minimum Gasteiger partial charge on any atom is -0.459 e. The van der Waals surface area contributed by atoms with E-state index in [4.69, 9.17) is 9.47 Å². The summed E-state index contributed by atoms with van der Waals surface area (Å²) in [7, 11) is 0. The van der Waals surface area contributed by atoms with Crippen LogP contribution in [-0.4, -0.2) is 36.2 Å². The number of carbonyl (C=O) groups is 2. The van der Waals surface area contributed by atoms with Crippen LogP contribution in [0.4, 0.5) is 0 Å². The first kappa shape index (κ1) is 17.4. The van der Waals surface area contributed by atoms with Crippen LogP contribution in [0.2, 0.25) is 0 Å². The summed E-state index contributed by atoms with van der Waals surface area (Å²) >= 11 is 0. The van der Waals surface area contributed by atoms with Crippen LogP contribution in [0.25, 0.3) is 0 Å². The van der Waals surface area contributed by atoms with Crippen molar-refractivity contribution in [3.8, 4) is 0 Å². The predicted octanol–water partition coefficient (Wildman–Crippen LogP) is 2.12. The molecule has 1 heterocycles. The fourth-order valence-electron chi connectivity index (χ4n) is 2.37. The molecule has 1 rings (SSSR count). The third-order valence-electron chi connectivity index (χ3n) is 3.40. The molecule has 1 saturated heterocycles. The van der Waals surface area contributed by atoms with Gasteiger partial charge >= 0.3 is 5.97 Å². The van der Waals surface area contributed by atoms with Gasteiger partial charge in [0.2, 0.25) is 5.91 Å². The van der Waals surface area contributed by atoms with E-state index in [2.05, 4.69) is 11.9 Å². The highest BCUT2D eigenvalue weighted by atomic mass is 16.5. The molecule has 1 aliphatic rings. The number of amides is 1. The Balaban J connectivity index is 2.39. The molecule has 0 aromatic rings. The number of ether oxygens (including phenoxy) is 2.